The summed E-state index contributed by atoms with van der Waals surface area (Å²) in [4.78, 5) is 14.6. The van der Waals surface area contributed by atoms with Crippen molar-refractivity contribution in [2.45, 2.75) is 25.8 Å². The highest BCUT2D eigenvalue weighted by Crippen LogP contribution is 2.24. The minimum atomic E-state index is -0.00454. The average Bonchev–Trinajstić information content (AvgIpc) is 3.24. The summed E-state index contributed by atoms with van der Waals surface area (Å²) in [5.74, 6) is 0.764. The Morgan fingerprint density at radius 1 is 1.43 bits per heavy atom. The van der Waals surface area contributed by atoms with Crippen molar-refractivity contribution >= 4 is 5.91 Å². The Labute approximate surface area is 136 Å². The fourth-order valence-electron chi connectivity index (χ4n) is 2.87. The number of carbonyl (C=O) groups excluding carboxylic acids is 1. The van der Waals surface area contributed by atoms with Gasteiger partial charge in [-0.15, -0.1) is 0 Å². The molecule has 0 radical (unpaired) electrons. The molecule has 5 nitrogen and oxygen atoms in total. The molecule has 1 aliphatic heterocycles. The number of rotatable bonds is 5. The second-order valence-corrected chi connectivity index (χ2v) is 5.64. The number of aromatic amines is 1. The van der Waals surface area contributed by atoms with E-state index in [0.29, 0.717) is 12.2 Å². The SMILES string of the molecule is CCCC1C=CCN1C(=O)c1cc(-c2cccc(OC)c2)n[nH]1. The van der Waals surface area contributed by atoms with Crippen molar-refractivity contribution in [2.24, 2.45) is 0 Å². The monoisotopic (exact) mass is 311 g/mol. The van der Waals surface area contributed by atoms with E-state index in [4.69, 9.17) is 4.74 Å². The molecule has 2 aromatic rings. The van der Waals surface area contributed by atoms with Gasteiger partial charge in [-0.25, -0.2) is 0 Å². The van der Waals surface area contributed by atoms with Gasteiger partial charge in [-0.05, 0) is 24.6 Å². The van der Waals surface area contributed by atoms with Crippen molar-refractivity contribution in [2.75, 3.05) is 13.7 Å². The van der Waals surface area contributed by atoms with E-state index in [9.17, 15) is 4.79 Å². The van der Waals surface area contributed by atoms with E-state index in [1.807, 2.05) is 29.2 Å². The molecule has 1 N–H and O–H groups in total. The summed E-state index contributed by atoms with van der Waals surface area (Å²) < 4.78 is 5.23. The van der Waals surface area contributed by atoms with Crippen LogP contribution in [0.15, 0.2) is 42.5 Å². The van der Waals surface area contributed by atoms with Crippen LogP contribution in [0.2, 0.25) is 0 Å². The molecule has 1 amide bonds. The number of aromatic nitrogens is 2. The van der Waals surface area contributed by atoms with Gasteiger partial charge in [-0.3, -0.25) is 9.89 Å². The number of H-pyrrole nitrogens is 1. The second kappa shape index (κ2) is 6.69. The molecule has 0 bridgehead atoms. The molecular formula is C18H21N3O2. The maximum absolute atomic E-state index is 12.7. The fraction of sp³-hybridized carbons (Fsp3) is 0.333. The fourth-order valence-corrected chi connectivity index (χ4v) is 2.87. The summed E-state index contributed by atoms with van der Waals surface area (Å²) >= 11 is 0. The smallest absolute Gasteiger partial charge is 0.272 e. The zero-order chi connectivity index (χ0) is 16.2. The molecule has 5 heteroatoms. The van der Waals surface area contributed by atoms with Gasteiger partial charge in [0.25, 0.3) is 5.91 Å². The van der Waals surface area contributed by atoms with Gasteiger partial charge < -0.3 is 9.64 Å². The van der Waals surface area contributed by atoms with Crippen molar-refractivity contribution in [3.05, 3.63) is 48.2 Å². The number of ether oxygens (including phenoxy) is 1. The largest absolute Gasteiger partial charge is 0.497 e. The number of carbonyl (C=O) groups is 1. The van der Waals surface area contributed by atoms with E-state index in [1.165, 1.54) is 0 Å². The van der Waals surface area contributed by atoms with Gasteiger partial charge in [0.05, 0.1) is 18.8 Å². The molecule has 0 aliphatic carbocycles. The normalized spacial score (nSPS) is 16.8. The third-order valence-electron chi connectivity index (χ3n) is 4.08. The summed E-state index contributed by atoms with van der Waals surface area (Å²) in [6.45, 7) is 2.79. The van der Waals surface area contributed by atoms with Gasteiger partial charge in [-0.2, -0.15) is 5.10 Å². The van der Waals surface area contributed by atoms with Gasteiger partial charge in [-0.1, -0.05) is 37.6 Å². The Balaban J connectivity index is 1.80. The summed E-state index contributed by atoms with van der Waals surface area (Å²) in [7, 11) is 1.63. The Bertz CT molecular complexity index is 721. The van der Waals surface area contributed by atoms with Crippen LogP contribution in [0.25, 0.3) is 11.3 Å². The Morgan fingerprint density at radius 3 is 3.09 bits per heavy atom. The number of benzene rings is 1. The number of methoxy groups -OCH3 is 1. The van der Waals surface area contributed by atoms with E-state index in [2.05, 4.69) is 29.3 Å². The minimum Gasteiger partial charge on any atom is -0.497 e. The predicted molar refractivity (Wildman–Crippen MR) is 89.4 cm³/mol. The van der Waals surface area contributed by atoms with Crippen molar-refractivity contribution in [3.8, 4) is 17.0 Å². The molecule has 0 spiro atoms. The van der Waals surface area contributed by atoms with E-state index in [1.54, 1.807) is 13.2 Å². The van der Waals surface area contributed by atoms with Crippen LogP contribution in [-0.2, 0) is 0 Å². The second-order valence-electron chi connectivity index (χ2n) is 5.64. The van der Waals surface area contributed by atoms with Gasteiger partial charge in [0.15, 0.2) is 0 Å². The van der Waals surface area contributed by atoms with E-state index >= 15 is 0 Å². The van der Waals surface area contributed by atoms with Gasteiger partial charge in [0, 0.05) is 12.1 Å². The summed E-state index contributed by atoms with van der Waals surface area (Å²) in [5.41, 5.74) is 2.18. The lowest BCUT2D eigenvalue weighted by atomic mass is 10.1. The van der Waals surface area contributed by atoms with Gasteiger partial charge in [0.1, 0.15) is 11.4 Å². The van der Waals surface area contributed by atoms with Crippen molar-refractivity contribution < 1.29 is 9.53 Å². The Kier molecular flexibility index (Phi) is 4.46. The predicted octanol–water partition coefficient (Wildman–Crippen LogP) is 3.27. The lowest BCUT2D eigenvalue weighted by Gasteiger charge is -2.23. The molecule has 120 valence electrons. The minimum absolute atomic E-state index is 0.00454. The number of hydrogen-bond acceptors (Lipinski definition) is 3. The number of nitrogens with one attached hydrogen (secondary N) is 1. The third kappa shape index (κ3) is 3.13. The molecule has 1 unspecified atom stereocenters. The zero-order valence-electron chi connectivity index (χ0n) is 13.5. The molecule has 1 atom stereocenters. The van der Waals surface area contributed by atoms with Crippen LogP contribution in [-0.4, -0.2) is 40.7 Å². The Morgan fingerprint density at radius 2 is 2.30 bits per heavy atom. The van der Waals surface area contributed by atoms with Crippen LogP contribution in [0.3, 0.4) is 0 Å². The Hall–Kier alpha value is -2.56. The van der Waals surface area contributed by atoms with Crippen molar-refractivity contribution in [1.29, 1.82) is 0 Å². The van der Waals surface area contributed by atoms with Crippen LogP contribution in [0.4, 0.5) is 0 Å². The number of amides is 1. The highest BCUT2D eigenvalue weighted by atomic mass is 16.5. The van der Waals surface area contributed by atoms with E-state index in [0.717, 1.165) is 29.8 Å². The molecule has 0 saturated heterocycles. The highest BCUT2D eigenvalue weighted by Gasteiger charge is 2.26. The lowest BCUT2D eigenvalue weighted by Crippen LogP contribution is -2.36. The maximum Gasteiger partial charge on any atom is 0.272 e. The lowest BCUT2D eigenvalue weighted by molar-refractivity contribution is 0.0738. The van der Waals surface area contributed by atoms with Gasteiger partial charge in [0.2, 0.25) is 0 Å². The third-order valence-corrected chi connectivity index (χ3v) is 4.08. The summed E-state index contributed by atoms with van der Waals surface area (Å²) in [5, 5.41) is 7.15. The average molecular weight is 311 g/mol. The topological polar surface area (TPSA) is 58.2 Å². The van der Waals surface area contributed by atoms with E-state index < -0.39 is 0 Å². The van der Waals surface area contributed by atoms with Crippen LogP contribution in [0, 0.1) is 0 Å². The molecule has 1 aromatic heterocycles. The van der Waals surface area contributed by atoms with Gasteiger partial charge >= 0.3 is 0 Å². The number of hydrogen-bond donors (Lipinski definition) is 1. The van der Waals surface area contributed by atoms with Crippen LogP contribution >= 0.6 is 0 Å². The number of nitrogens with zero attached hydrogens (tertiary/aromatic N) is 2. The molecule has 3 rings (SSSR count). The molecule has 2 heterocycles. The first-order valence-corrected chi connectivity index (χ1v) is 7.90. The van der Waals surface area contributed by atoms with E-state index in [-0.39, 0.29) is 11.9 Å². The standard InChI is InChI=1S/C18H21N3O2/c1-3-6-14-8-5-10-21(14)18(22)17-12-16(19-20-17)13-7-4-9-15(11-13)23-2/h4-5,7-9,11-12,14H,3,6,10H2,1-2H3,(H,19,20). The van der Waals surface area contributed by atoms with Crippen LogP contribution in [0.5, 0.6) is 5.75 Å². The van der Waals surface area contributed by atoms with Crippen molar-refractivity contribution in [1.82, 2.24) is 15.1 Å². The molecule has 1 aromatic carbocycles. The van der Waals surface area contributed by atoms with Crippen LogP contribution < -0.4 is 4.74 Å². The first-order chi connectivity index (χ1) is 11.2. The quantitative estimate of drug-likeness (QED) is 0.862. The maximum atomic E-state index is 12.7. The molecule has 23 heavy (non-hydrogen) atoms. The zero-order valence-corrected chi connectivity index (χ0v) is 13.5. The molecular weight excluding hydrogens is 290 g/mol. The van der Waals surface area contributed by atoms with Crippen LogP contribution in [0.1, 0.15) is 30.3 Å². The van der Waals surface area contributed by atoms with Crippen molar-refractivity contribution in [3.63, 3.8) is 0 Å². The molecule has 1 aliphatic rings. The molecule has 0 fully saturated rings. The summed E-state index contributed by atoms with van der Waals surface area (Å²) in [6, 6.07) is 9.64. The molecule has 0 saturated carbocycles. The first kappa shape index (κ1) is 15.3. The highest BCUT2D eigenvalue weighted by molar-refractivity contribution is 5.94. The summed E-state index contributed by atoms with van der Waals surface area (Å²) in [6.07, 6.45) is 6.20. The first-order valence-electron chi connectivity index (χ1n) is 7.90.